The van der Waals surface area contributed by atoms with Gasteiger partial charge in [-0.2, -0.15) is 0 Å². The molecule has 4 heteroatoms. The highest BCUT2D eigenvalue weighted by molar-refractivity contribution is 6.05. The SMILES string of the molecule is CCCCc1ccc(NC(=O)c2ccc(OC)c(N)c2)cc1. The lowest BCUT2D eigenvalue weighted by Gasteiger charge is -2.09. The first-order chi connectivity index (χ1) is 10.6. The number of carbonyl (C=O) groups is 1. The Morgan fingerprint density at radius 2 is 1.91 bits per heavy atom. The minimum Gasteiger partial charge on any atom is -0.495 e. The molecule has 116 valence electrons. The van der Waals surface area contributed by atoms with Crippen molar-refractivity contribution in [1.29, 1.82) is 0 Å². The number of nitrogen functional groups attached to an aromatic ring is 1. The lowest BCUT2D eigenvalue weighted by atomic mass is 10.1. The van der Waals surface area contributed by atoms with Crippen LogP contribution in [0.25, 0.3) is 0 Å². The van der Waals surface area contributed by atoms with Crippen molar-refractivity contribution in [3.05, 3.63) is 53.6 Å². The van der Waals surface area contributed by atoms with Crippen LogP contribution < -0.4 is 15.8 Å². The van der Waals surface area contributed by atoms with Gasteiger partial charge >= 0.3 is 0 Å². The van der Waals surface area contributed by atoms with Crippen LogP contribution in [-0.2, 0) is 6.42 Å². The summed E-state index contributed by atoms with van der Waals surface area (Å²) in [4.78, 5) is 12.2. The van der Waals surface area contributed by atoms with Crippen molar-refractivity contribution in [3.63, 3.8) is 0 Å². The van der Waals surface area contributed by atoms with Crippen LogP contribution in [0.1, 0.15) is 35.7 Å². The second kappa shape index (κ2) is 7.50. The number of hydrogen-bond acceptors (Lipinski definition) is 3. The molecule has 0 radical (unpaired) electrons. The van der Waals surface area contributed by atoms with E-state index >= 15 is 0 Å². The van der Waals surface area contributed by atoms with Gasteiger partial charge in [0, 0.05) is 11.3 Å². The zero-order chi connectivity index (χ0) is 15.9. The van der Waals surface area contributed by atoms with E-state index in [4.69, 9.17) is 10.5 Å². The van der Waals surface area contributed by atoms with Crippen LogP contribution in [0.3, 0.4) is 0 Å². The van der Waals surface area contributed by atoms with Gasteiger partial charge in [0.2, 0.25) is 0 Å². The summed E-state index contributed by atoms with van der Waals surface area (Å²) in [5.74, 6) is 0.382. The van der Waals surface area contributed by atoms with Gasteiger partial charge in [-0.25, -0.2) is 0 Å². The second-order valence-electron chi connectivity index (χ2n) is 5.21. The Bertz CT molecular complexity index is 636. The summed E-state index contributed by atoms with van der Waals surface area (Å²) < 4.78 is 5.09. The Balaban J connectivity index is 2.03. The highest BCUT2D eigenvalue weighted by atomic mass is 16.5. The van der Waals surface area contributed by atoms with Gasteiger partial charge in [0.25, 0.3) is 5.91 Å². The van der Waals surface area contributed by atoms with Gasteiger partial charge in [0.05, 0.1) is 12.8 Å². The molecule has 0 saturated heterocycles. The van der Waals surface area contributed by atoms with Gasteiger partial charge in [0.1, 0.15) is 5.75 Å². The summed E-state index contributed by atoms with van der Waals surface area (Å²) in [5, 5.41) is 2.87. The topological polar surface area (TPSA) is 64.3 Å². The molecule has 0 aliphatic carbocycles. The van der Waals surface area contributed by atoms with Crippen molar-refractivity contribution in [1.82, 2.24) is 0 Å². The Labute approximate surface area is 131 Å². The van der Waals surface area contributed by atoms with E-state index in [-0.39, 0.29) is 5.91 Å². The molecule has 2 aromatic carbocycles. The first kappa shape index (κ1) is 15.9. The molecule has 2 rings (SSSR count). The molecule has 0 aliphatic rings. The summed E-state index contributed by atoms with van der Waals surface area (Å²) in [6.07, 6.45) is 3.42. The van der Waals surface area contributed by atoms with Gasteiger partial charge in [-0.1, -0.05) is 25.5 Å². The van der Waals surface area contributed by atoms with Crippen molar-refractivity contribution in [2.24, 2.45) is 0 Å². The monoisotopic (exact) mass is 298 g/mol. The van der Waals surface area contributed by atoms with Crippen LogP contribution in [-0.4, -0.2) is 13.0 Å². The maximum atomic E-state index is 12.2. The van der Waals surface area contributed by atoms with Crippen molar-refractivity contribution < 1.29 is 9.53 Å². The van der Waals surface area contributed by atoms with E-state index < -0.39 is 0 Å². The number of anilines is 2. The molecule has 0 atom stereocenters. The standard InChI is InChI=1S/C18H22N2O2/c1-3-4-5-13-6-9-15(10-7-13)20-18(21)14-8-11-17(22-2)16(19)12-14/h6-12H,3-5,19H2,1-2H3,(H,20,21). The number of carbonyl (C=O) groups excluding carboxylic acids is 1. The van der Waals surface area contributed by atoms with Crippen molar-refractivity contribution >= 4 is 17.3 Å². The van der Waals surface area contributed by atoms with E-state index in [0.717, 1.165) is 12.1 Å². The average Bonchev–Trinajstić information content (AvgIpc) is 2.54. The largest absolute Gasteiger partial charge is 0.495 e. The van der Waals surface area contributed by atoms with E-state index in [0.29, 0.717) is 17.0 Å². The highest BCUT2D eigenvalue weighted by Gasteiger charge is 2.09. The molecule has 0 spiro atoms. The van der Waals surface area contributed by atoms with E-state index in [9.17, 15) is 4.79 Å². The van der Waals surface area contributed by atoms with Crippen LogP contribution in [0.2, 0.25) is 0 Å². The summed E-state index contributed by atoms with van der Waals surface area (Å²) in [7, 11) is 1.55. The van der Waals surface area contributed by atoms with Gasteiger partial charge in [0.15, 0.2) is 0 Å². The van der Waals surface area contributed by atoms with Gasteiger partial charge in [-0.3, -0.25) is 4.79 Å². The molecule has 1 amide bonds. The molecular weight excluding hydrogens is 276 g/mol. The summed E-state index contributed by atoms with van der Waals surface area (Å²) >= 11 is 0. The zero-order valence-corrected chi connectivity index (χ0v) is 13.1. The van der Waals surface area contributed by atoms with E-state index in [2.05, 4.69) is 12.2 Å². The first-order valence-electron chi connectivity index (χ1n) is 7.48. The van der Waals surface area contributed by atoms with Crippen LogP contribution in [0.5, 0.6) is 5.75 Å². The zero-order valence-electron chi connectivity index (χ0n) is 13.1. The molecule has 0 fully saturated rings. The third-order valence-electron chi connectivity index (χ3n) is 3.52. The molecule has 0 bridgehead atoms. The number of nitrogens with two attached hydrogens (primary N) is 1. The molecule has 0 unspecified atom stereocenters. The highest BCUT2D eigenvalue weighted by Crippen LogP contribution is 2.22. The number of benzene rings is 2. The number of nitrogens with one attached hydrogen (secondary N) is 1. The first-order valence-corrected chi connectivity index (χ1v) is 7.48. The second-order valence-corrected chi connectivity index (χ2v) is 5.21. The third kappa shape index (κ3) is 4.01. The molecule has 4 nitrogen and oxygen atoms in total. The number of rotatable bonds is 6. The van der Waals surface area contributed by atoms with Crippen LogP contribution in [0.4, 0.5) is 11.4 Å². The lowest BCUT2D eigenvalue weighted by Crippen LogP contribution is -2.12. The quantitative estimate of drug-likeness (QED) is 0.796. The number of aryl methyl sites for hydroxylation is 1. The molecular formula is C18H22N2O2. The molecule has 0 aromatic heterocycles. The van der Waals surface area contributed by atoms with Crippen molar-refractivity contribution in [2.75, 3.05) is 18.2 Å². The number of unbranched alkanes of at least 4 members (excludes halogenated alkanes) is 1. The van der Waals surface area contributed by atoms with Crippen LogP contribution in [0.15, 0.2) is 42.5 Å². The Morgan fingerprint density at radius 3 is 2.50 bits per heavy atom. The smallest absolute Gasteiger partial charge is 0.255 e. The summed E-state index contributed by atoms with van der Waals surface area (Å²) in [5.41, 5.74) is 8.84. The maximum absolute atomic E-state index is 12.2. The molecule has 2 aromatic rings. The van der Waals surface area contributed by atoms with Crippen LogP contribution >= 0.6 is 0 Å². The van der Waals surface area contributed by atoms with Gasteiger partial charge < -0.3 is 15.8 Å². The summed E-state index contributed by atoms with van der Waals surface area (Å²) in [6, 6.07) is 13.0. The van der Waals surface area contributed by atoms with Gasteiger partial charge in [-0.05, 0) is 48.7 Å². The maximum Gasteiger partial charge on any atom is 0.255 e. The predicted molar refractivity (Wildman–Crippen MR) is 90.4 cm³/mol. The number of ether oxygens (including phenoxy) is 1. The van der Waals surface area contributed by atoms with E-state index in [1.54, 1.807) is 25.3 Å². The Kier molecular flexibility index (Phi) is 5.42. The number of hydrogen-bond donors (Lipinski definition) is 2. The molecule has 22 heavy (non-hydrogen) atoms. The van der Waals surface area contributed by atoms with Crippen molar-refractivity contribution in [2.45, 2.75) is 26.2 Å². The normalized spacial score (nSPS) is 10.3. The molecule has 3 N–H and O–H groups in total. The lowest BCUT2D eigenvalue weighted by molar-refractivity contribution is 0.102. The van der Waals surface area contributed by atoms with E-state index in [1.807, 2.05) is 24.3 Å². The van der Waals surface area contributed by atoms with Gasteiger partial charge in [-0.15, -0.1) is 0 Å². The fourth-order valence-electron chi connectivity index (χ4n) is 2.21. The Hall–Kier alpha value is -2.49. The fourth-order valence-corrected chi connectivity index (χ4v) is 2.21. The number of amides is 1. The number of methoxy groups -OCH3 is 1. The summed E-state index contributed by atoms with van der Waals surface area (Å²) in [6.45, 7) is 2.18. The minimum absolute atomic E-state index is 0.185. The Morgan fingerprint density at radius 1 is 1.18 bits per heavy atom. The molecule has 0 heterocycles. The predicted octanol–water partition coefficient (Wildman–Crippen LogP) is 3.87. The minimum atomic E-state index is -0.185. The van der Waals surface area contributed by atoms with Crippen molar-refractivity contribution in [3.8, 4) is 5.75 Å². The van der Waals surface area contributed by atoms with E-state index in [1.165, 1.54) is 18.4 Å². The fraction of sp³-hybridized carbons (Fsp3) is 0.278. The average molecular weight is 298 g/mol. The molecule has 0 saturated carbocycles. The van der Waals surface area contributed by atoms with Crippen LogP contribution in [0, 0.1) is 0 Å². The third-order valence-corrected chi connectivity index (χ3v) is 3.52. The molecule has 0 aliphatic heterocycles.